The molecule has 0 bridgehead atoms. The molecule has 0 aliphatic carbocycles. The largest absolute Gasteiger partial charge is 0.369 e. The molecule has 0 aliphatic heterocycles. The van der Waals surface area contributed by atoms with Crippen LogP contribution < -0.4 is 5.32 Å². The van der Waals surface area contributed by atoms with Crippen LogP contribution in [-0.2, 0) is 9.53 Å². The molecule has 0 radical (unpaired) electrons. The zero-order valence-corrected chi connectivity index (χ0v) is 10.9. The van der Waals surface area contributed by atoms with E-state index in [1.54, 1.807) is 48.4 Å². The van der Waals surface area contributed by atoms with Gasteiger partial charge >= 0.3 is 0 Å². The van der Waals surface area contributed by atoms with Gasteiger partial charge in [0.2, 0.25) is 0 Å². The summed E-state index contributed by atoms with van der Waals surface area (Å²) in [6, 6.07) is 5.33. The maximum Gasteiger partial charge on any atom is 0.253 e. The maximum absolute atomic E-state index is 11.9. The molecule has 0 aromatic carbocycles. The zero-order valence-electron chi connectivity index (χ0n) is 10.9. The molecule has 2 aromatic heterocycles. The van der Waals surface area contributed by atoms with E-state index < -0.39 is 6.10 Å². The lowest BCUT2D eigenvalue weighted by Gasteiger charge is -2.14. The Labute approximate surface area is 111 Å². The van der Waals surface area contributed by atoms with Gasteiger partial charge in [0.1, 0.15) is 6.10 Å². The van der Waals surface area contributed by atoms with E-state index in [1.807, 2.05) is 6.92 Å². The molecule has 1 amide bonds. The van der Waals surface area contributed by atoms with Gasteiger partial charge < -0.3 is 10.1 Å². The van der Waals surface area contributed by atoms with Crippen molar-refractivity contribution < 1.29 is 9.53 Å². The first-order valence-electron chi connectivity index (χ1n) is 6.10. The fourth-order valence-corrected chi connectivity index (χ4v) is 1.63. The fourth-order valence-electron chi connectivity index (χ4n) is 1.63. The summed E-state index contributed by atoms with van der Waals surface area (Å²) in [4.78, 5) is 16.2. The van der Waals surface area contributed by atoms with E-state index in [9.17, 15) is 4.79 Å². The summed E-state index contributed by atoms with van der Waals surface area (Å²) in [7, 11) is 0. The molecule has 0 aliphatic rings. The molecule has 1 N–H and O–H groups in total. The Balaban J connectivity index is 2.19. The summed E-state index contributed by atoms with van der Waals surface area (Å²) < 4.78 is 6.85. The maximum atomic E-state index is 11.9. The zero-order chi connectivity index (χ0) is 13.7. The highest BCUT2D eigenvalue weighted by Gasteiger charge is 2.15. The summed E-state index contributed by atoms with van der Waals surface area (Å²) >= 11 is 0. The van der Waals surface area contributed by atoms with Crippen LogP contribution in [0, 0.1) is 0 Å². The number of carbonyl (C=O) groups excluding carboxylic acids is 1. The molecule has 1 unspecified atom stereocenters. The lowest BCUT2D eigenvalue weighted by atomic mass is 10.3. The van der Waals surface area contributed by atoms with Gasteiger partial charge in [-0.15, -0.1) is 0 Å². The number of nitrogens with zero attached hydrogens (tertiary/aromatic N) is 3. The van der Waals surface area contributed by atoms with Gasteiger partial charge in [0.25, 0.3) is 5.91 Å². The van der Waals surface area contributed by atoms with Crippen LogP contribution >= 0.6 is 0 Å². The minimum Gasteiger partial charge on any atom is -0.369 e. The SMILES string of the molecule is CCOC(C)C(=O)Nc1cccnc1-n1cccn1. The van der Waals surface area contributed by atoms with Gasteiger partial charge in [0, 0.05) is 25.2 Å². The minimum atomic E-state index is -0.504. The molecule has 2 aromatic rings. The average molecular weight is 260 g/mol. The van der Waals surface area contributed by atoms with Crippen LogP contribution in [0.4, 0.5) is 5.69 Å². The number of hydrogen-bond donors (Lipinski definition) is 1. The van der Waals surface area contributed by atoms with Crippen molar-refractivity contribution in [1.82, 2.24) is 14.8 Å². The van der Waals surface area contributed by atoms with Gasteiger partial charge in [-0.3, -0.25) is 4.79 Å². The molecule has 19 heavy (non-hydrogen) atoms. The molecule has 2 rings (SSSR count). The van der Waals surface area contributed by atoms with Crippen LogP contribution in [0.5, 0.6) is 0 Å². The molecular formula is C13H16N4O2. The number of hydrogen-bond acceptors (Lipinski definition) is 4. The Morgan fingerprint density at radius 2 is 2.32 bits per heavy atom. The van der Waals surface area contributed by atoms with Gasteiger partial charge in [0.15, 0.2) is 5.82 Å². The number of rotatable bonds is 5. The molecule has 0 saturated heterocycles. The lowest BCUT2D eigenvalue weighted by Crippen LogP contribution is -2.28. The second-order valence-corrected chi connectivity index (χ2v) is 3.91. The normalized spacial score (nSPS) is 12.1. The standard InChI is InChI=1S/C13H16N4O2/c1-3-19-10(2)13(18)16-11-6-4-7-14-12(11)17-9-5-8-15-17/h4-10H,3H2,1-2H3,(H,16,18). The van der Waals surface area contributed by atoms with Crippen LogP contribution in [0.2, 0.25) is 0 Å². The van der Waals surface area contributed by atoms with Crippen molar-refractivity contribution in [1.29, 1.82) is 0 Å². The third kappa shape index (κ3) is 3.17. The third-order valence-electron chi connectivity index (χ3n) is 2.55. The molecule has 1 atom stereocenters. The van der Waals surface area contributed by atoms with E-state index in [0.717, 1.165) is 0 Å². The van der Waals surface area contributed by atoms with Crippen molar-refractivity contribution in [2.45, 2.75) is 20.0 Å². The van der Waals surface area contributed by atoms with E-state index in [-0.39, 0.29) is 5.91 Å². The van der Waals surface area contributed by atoms with E-state index in [2.05, 4.69) is 15.4 Å². The summed E-state index contributed by atoms with van der Waals surface area (Å²) in [6.45, 7) is 4.06. The lowest BCUT2D eigenvalue weighted by molar-refractivity contribution is -0.126. The van der Waals surface area contributed by atoms with E-state index in [0.29, 0.717) is 18.1 Å². The summed E-state index contributed by atoms with van der Waals surface area (Å²) in [5, 5.41) is 6.90. The number of nitrogens with one attached hydrogen (secondary N) is 1. The molecular weight excluding hydrogens is 244 g/mol. The highest BCUT2D eigenvalue weighted by molar-refractivity contribution is 5.95. The molecule has 0 saturated carbocycles. The van der Waals surface area contributed by atoms with Crippen LogP contribution in [0.1, 0.15) is 13.8 Å². The van der Waals surface area contributed by atoms with Gasteiger partial charge in [-0.25, -0.2) is 9.67 Å². The summed E-state index contributed by atoms with van der Waals surface area (Å²) in [5.74, 6) is 0.368. The Bertz CT molecular complexity index is 539. The Morgan fingerprint density at radius 1 is 1.47 bits per heavy atom. The molecule has 100 valence electrons. The van der Waals surface area contributed by atoms with Gasteiger partial charge in [0.05, 0.1) is 5.69 Å². The van der Waals surface area contributed by atoms with E-state index >= 15 is 0 Å². The first-order chi connectivity index (χ1) is 9.22. The molecule has 0 spiro atoms. The summed E-state index contributed by atoms with van der Waals surface area (Å²) in [5.41, 5.74) is 0.600. The molecule has 6 heteroatoms. The van der Waals surface area contributed by atoms with Crippen molar-refractivity contribution in [2.24, 2.45) is 0 Å². The third-order valence-corrected chi connectivity index (χ3v) is 2.55. The minimum absolute atomic E-state index is 0.205. The van der Waals surface area contributed by atoms with Crippen LogP contribution in [0.25, 0.3) is 5.82 Å². The number of amides is 1. The molecule has 0 fully saturated rings. The Hall–Kier alpha value is -2.21. The first kappa shape index (κ1) is 13.2. The number of anilines is 1. The van der Waals surface area contributed by atoms with Crippen LogP contribution in [-0.4, -0.2) is 33.4 Å². The van der Waals surface area contributed by atoms with Crippen molar-refractivity contribution >= 4 is 11.6 Å². The summed E-state index contributed by atoms with van der Waals surface area (Å²) in [6.07, 6.45) is 4.57. The highest BCUT2D eigenvalue weighted by atomic mass is 16.5. The second-order valence-electron chi connectivity index (χ2n) is 3.91. The number of pyridine rings is 1. The van der Waals surface area contributed by atoms with Crippen molar-refractivity contribution in [3.8, 4) is 5.82 Å². The van der Waals surface area contributed by atoms with Gasteiger partial charge in [-0.2, -0.15) is 5.10 Å². The quantitative estimate of drug-likeness (QED) is 0.887. The van der Waals surface area contributed by atoms with E-state index in [1.165, 1.54) is 0 Å². The van der Waals surface area contributed by atoms with Crippen molar-refractivity contribution in [3.63, 3.8) is 0 Å². The first-order valence-corrected chi connectivity index (χ1v) is 6.10. The van der Waals surface area contributed by atoms with Crippen LogP contribution in [0.3, 0.4) is 0 Å². The predicted molar refractivity (Wildman–Crippen MR) is 71.1 cm³/mol. The molecule has 6 nitrogen and oxygen atoms in total. The van der Waals surface area contributed by atoms with Crippen molar-refractivity contribution in [3.05, 3.63) is 36.8 Å². The second kappa shape index (κ2) is 6.10. The smallest absolute Gasteiger partial charge is 0.253 e. The number of aromatic nitrogens is 3. The van der Waals surface area contributed by atoms with E-state index in [4.69, 9.17) is 4.74 Å². The number of ether oxygens (including phenoxy) is 1. The number of carbonyl (C=O) groups is 1. The fraction of sp³-hybridized carbons (Fsp3) is 0.308. The predicted octanol–water partition coefficient (Wildman–Crippen LogP) is 1.63. The topological polar surface area (TPSA) is 69.0 Å². The van der Waals surface area contributed by atoms with Crippen molar-refractivity contribution in [2.75, 3.05) is 11.9 Å². The Kier molecular flexibility index (Phi) is 4.25. The van der Waals surface area contributed by atoms with Gasteiger partial charge in [-0.1, -0.05) is 0 Å². The van der Waals surface area contributed by atoms with Gasteiger partial charge in [-0.05, 0) is 32.0 Å². The van der Waals surface area contributed by atoms with Crippen LogP contribution in [0.15, 0.2) is 36.8 Å². The highest BCUT2D eigenvalue weighted by Crippen LogP contribution is 2.16. The Morgan fingerprint density at radius 3 is 3.00 bits per heavy atom. The molecule has 2 heterocycles. The monoisotopic (exact) mass is 260 g/mol. The average Bonchev–Trinajstić information content (AvgIpc) is 2.93.